The molecule has 1 aliphatic rings. The number of aromatic nitrogens is 4. The quantitative estimate of drug-likeness (QED) is 0.296. The number of aryl methyl sites for hydroxylation is 1. The molecule has 4 aromatic rings. The monoisotopic (exact) mass is 606 g/mol. The largest absolute Gasteiger partial charge is 0.333 e. The van der Waals surface area contributed by atoms with E-state index >= 15 is 0 Å². The van der Waals surface area contributed by atoms with Crippen LogP contribution < -0.4 is 0 Å². The average molecular weight is 608 g/mol. The van der Waals surface area contributed by atoms with Crippen molar-refractivity contribution in [1.82, 2.24) is 29.8 Å². The summed E-state index contributed by atoms with van der Waals surface area (Å²) in [5.41, 5.74) is 2.87. The minimum absolute atomic E-state index is 0.0167. The van der Waals surface area contributed by atoms with Gasteiger partial charge >= 0.3 is 0 Å². The number of thiazole rings is 1. The van der Waals surface area contributed by atoms with Crippen molar-refractivity contribution in [2.24, 2.45) is 0 Å². The molecule has 2 amide bonds. The normalized spacial score (nSPS) is 14.4. The van der Waals surface area contributed by atoms with Crippen molar-refractivity contribution in [3.05, 3.63) is 60.0 Å². The maximum absolute atomic E-state index is 13.3. The number of hydrogen-bond acceptors (Lipinski definition) is 7. The van der Waals surface area contributed by atoms with Crippen molar-refractivity contribution in [3.8, 4) is 0 Å². The van der Waals surface area contributed by atoms with Gasteiger partial charge in [-0.05, 0) is 40.4 Å². The Morgan fingerprint density at radius 1 is 1.22 bits per heavy atom. The molecule has 0 aliphatic carbocycles. The molecule has 4 heterocycles. The van der Waals surface area contributed by atoms with Gasteiger partial charge in [0.25, 0.3) is 5.91 Å². The number of carbonyl (C=O) groups is 2. The molecule has 0 unspecified atom stereocenters. The fraction of sp³-hybridized carbons (Fsp3) is 0.375. The van der Waals surface area contributed by atoms with Gasteiger partial charge in [-0.25, -0.2) is 9.67 Å². The fourth-order valence-corrected chi connectivity index (χ4v) is 7.30. The topological polar surface area (TPSA) is 84.2 Å². The van der Waals surface area contributed by atoms with Gasteiger partial charge in [0.2, 0.25) is 5.91 Å². The first-order valence-corrected chi connectivity index (χ1v) is 14.3. The Kier molecular flexibility index (Phi) is 7.17. The standard InChI is InChI=1S/C24H24BrClN6O2S2/c1-13(2)15-4-5-17-18(8-15)35-22(21(17)26)23(34)31-7-6-30(20(33)12-31)9-16-10-32(29-28-16)11-19-14(3)27-24(25)36-19/h4-5,8,10,13H,6-7,9,11-12H2,1-3H3. The minimum Gasteiger partial charge on any atom is -0.333 e. The zero-order valence-electron chi connectivity index (χ0n) is 20.0. The molecule has 5 rings (SSSR count). The fourth-order valence-electron chi connectivity index (χ4n) is 4.14. The molecule has 0 saturated carbocycles. The van der Waals surface area contributed by atoms with Gasteiger partial charge in [-0.1, -0.05) is 42.8 Å². The lowest BCUT2D eigenvalue weighted by molar-refractivity contribution is -0.135. The molecule has 1 aromatic carbocycles. The van der Waals surface area contributed by atoms with Gasteiger partial charge in [-0.2, -0.15) is 0 Å². The molecule has 0 bridgehead atoms. The van der Waals surface area contributed by atoms with Crippen LogP contribution in [0, 0.1) is 6.92 Å². The van der Waals surface area contributed by atoms with Crippen molar-refractivity contribution in [2.75, 3.05) is 19.6 Å². The van der Waals surface area contributed by atoms with Crippen LogP contribution >= 0.6 is 50.2 Å². The number of amides is 2. The minimum atomic E-state index is -0.197. The van der Waals surface area contributed by atoms with E-state index in [4.69, 9.17) is 11.6 Å². The lowest BCUT2D eigenvalue weighted by Gasteiger charge is -2.33. The molecule has 1 aliphatic heterocycles. The predicted molar refractivity (Wildman–Crippen MR) is 146 cm³/mol. The number of thiophene rings is 1. The van der Waals surface area contributed by atoms with Gasteiger partial charge in [-0.3, -0.25) is 9.59 Å². The SMILES string of the molecule is Cc1nc(Br)sc1Cn1cc(CN2CCN(C(=O)c3sc4cc(C(C)C)ccc4c3Cl)CC2=O)nn1. The maximum Gasteiger partial charge on any atom is 0.266 e. The smallest absolute Gasteiger partial charge is 0.266 e. The van der Waals surface area contributed by atoms with Gasteiger partial charge in [0.05, 0.1) is 34.9 Å². The van der Waals surface area contributed by atoms with Crippen LogP contribution in [0.4, 0.5) is 0 Å². The molecule has 8 nitrogen and oxygen atoms in total. The number of benzene rings is 1. The number of piperazine rings is 1. The molecule has 3 aromatic heterocycles. The van der Waals surface area contributed by atoms with Crippen molar-refractivity contribution in [3.63, 3.8) is 0 Å². The Bertz CT molecular complexity index is 1460. The number of rotatable bonds is 6. The second-order valence-electron chi connectivity index (χ2n) is 9.08. The number of halogens is 2. The van der Waals surface area contributed by atoms with E-state index in [0.29, 0.717) is 47.7 Å². The molecule has 0 N–H and O–H groups in total. The number of carbonyl (C=O) groups excluding carboxylic acids is 2. The molecule has 0 radical (unpaired) electrons. The summed E-state index contributed by atoms with van der Waals surface area (Å²) < 4.78 is 3.58. The molecule has 12 heteroatoms. The lowest BCUT2D eigenvalue weighted by atomic mass is 10.0. The van der Waals surface area contributed by atoms with E-state index in [9.17, 15) is 9.59 Å². The Balaban J connectivity index is 1.23. The maximum atomic E-state index is 13.3. The zero-order chi connectivity index (χ0) is 25.6. The molecule has 0 atom stereocenters. The van der Waals surface area contributed by atoms with E-state index in [1.807, 2.05) is 19.2 Å². The van der Waals surface area contributed by atoms with Crippen LogP contribution in [0.1, 0.15) is 51.3 Å². The van der Waals surface area contributed by atoms with Crippen LogP contribution in [0.2, 0.25) is 5.02 Å². The van der Waals surface area contributed by atoms with E-state index in [-0.39, 0.29) is 18.4 Å². The van der Waals surface area contributed by atoms with E-state index in [1.165, 1.54) is 16.9 Å². The predicted octanol–water partition coefficient (Wildman–Crippen LogP) is 5.33. The van der Waals surface area contributed by atoms with Crippen molar-refractivity contribution >= 4 is 72.1 Å². The summed E-state index contributed by atoms with van der Waals surface area (Å²) in [6.07, 6.45) is 1.85. The summed E-state index contributed by atoms with van der Waals surface area (Å²) in [6.45, 7) is 8.05. The Morgan fingerprint density at radius 3 is 2.72 bits per heavy atom. The summed E-state index contributed by atoms with van der Waals surface area (Å²) in [4.78, 5) is 35.4. The average Bonchev–Trinajstić information content (AvgIpc) is 3.51. The molecular formula is C24H24BrClN6O2S2. The number of fused-ring (bicyclic) bond motifs is 1. The lowest BCUT2D eigenvalue weighted by Crippen LogP contribution is -2.51. The molecule has 1 fully saturated rings. The first kappa shape index (κ1) is 25.3. The van der Waals surface area contributed by atoms with E-state index in [2.05, 4.69) is 57.2 Å². The second kappa shape index (κ2) is 10.2. The first-order valence-electron chi connectivity index (χ1n) is 11.5. The molecular weight excluding hydrogens is 584 g/mol. The van der Waals surface area contributed by atoms with Crippen LogP contribution in [0.3, 0.4) is 0 Å². The van der Waals surface area contributed by atoms with E-state index in [1.54, 1.807) is 25.8 Å². The summed E-state index contributed by atoms with van der Waals surface area (Å²) in [6, 6.07) is 6.13. The van der Waals surface area contributed by atoms with Gasteiger partial charge in [0.15, 0.2) is 3.92 Å². The highest BCUT2D eigenvalue weighted by Crippen LogP contribution is 2.37. The highest BCUT2D eigenvalue weighted by molar-refractivity contribution is 9.11. The van der Waals surface area contributed by atoms with E-state index in [0.717, 1.165) is 24.6 Å². The van der Waals surface area contributed by atoms with Gasteiger partial charge in [0, 0.05) is 23.2 Å². The summed E-state index contributed by atoms with van der Waals surface area (Å²) >= 11 is 13.0. The summed E-state index contributed by atoms with van der Waals surface area (Å²) in [5.74, 6) is 0.0729. The first-order chi connectivity index (χ1) is 17.2. The van der Waals surface area contributed by atoms with Crippen LogP contribution in [-0.2, 0) is 17.9 Å². The number of hydrogen-bond donors (Lipinski definition) is 0. The van der Waals surface area contributed by atoms with Crippen molar-refractivity contribution in [2.45, 2.75) is 39.8 Å². The summed E-state index contributed by atoms with van der Waals surface area (Å²) in [5, 5.41) is 9.77. The van der Waals surface area contributed by atoms with E-state index < -0.39 is 0 Å². The highest BCUT2D eigenvalue weighted by atomic mass is 79.9. The van der Waals surface area contributed by atoms with Crippen LogP contribution in [-0.4, -0.2) is 61.2 Å². The molecule has 1 saturated heterocycles. The Hall–Kier alpha value is -2.34. The zero-order valence-corrected chi connectivity index (χ0v) is 24.0. The van der Waals surface area contributed by atoms with Crippen LogP contribution in [0.5, 0.6) is 0 Å². The molecule has 36 heavy (non-hydrogen) atoms. The Morgan fingerprint density at radius 2 is 2.03 bits per heavy atom. The molecule has 0 spiro atoms. The van der Waals surface area contributed by atoms with Crippen LogP contribution in [0.25, 0.3) is 10.1 Å². The third-order valence-corrected chi connectivity index (χ3v) is 9.47. The van der Waals surface area contributed by atoms with Crippen molar-refractivity contribution in [1.29, 1.82) is 0 Å². The number of nitrogens with zero attached hydrogens (tertiary/aromatic N) is 6. The van der Waals surface area contributed by atoms with Gasteiger partial charge in [0.1, 0.15) is 17.1 Å². The Labute approximate surface area is 230 Å². The second-order valence-corrected chi connectivity index (χ2v) is 12.9. The third kappa shape index (κ3) is 5.06. The van der Waals surface area contributed by atoms with Gasteiger partial charge in [-0.15, -0.1) is 27.8 Å². The van der Waals surface area contributed by atoms with Crippen LogP contribution in [0.15, 0.2) is 28.3 Å². The van der Waals surface area contributed by atoms with Crippen molar-refractivity contribution < 1.29 is 9.59 Å². The molecule has 188 valence electrons. The summed E-state index contributed by atoms with van der Waals surface area (Å²) in [7, 11) is 0. The third-order valence-electron chi connectivity index (χ3n) is 6.23. The van der Waals surface area contributed by atoms with Gasteiger partial charge < -0.3 is 9.80 Å². The highest BCUT2D eigenvalue weighted by Gasteiger charge is 2.30.